The Bertz CT molecular complexity index is 407. The van der Waals surface area contributed by atoms with Crippen molar-refractivity contribution in [3.63, 3.8) is 0 Å². The highest BCUT2D eigenvalue weighted by atomic mass is 79.9. The van der Waals surface area contributed by atoms with E-state index in [1.807, 2.05) is 25.1 Å². The first kappa shape index (κ1) is 15.2. The third-order valence-electron chi connectivity index (χ3n) is 2.89. The molecule has 0 aromatic heterocycles. The molecule has 0 saturated heterocycles. The van der Waals surface area contributed by atoms with Gasteiger partial charge in [-0.15, -0.1) is 0 Å². The number of aliphatic carboxylic acids is 1. The average Bonchev–Trinajstić information content (AvgIpc) is 2.31. The summed E-state index contributed by atoms with van der Waals surface area (Å²) in [5.41, 5.74) is 2.27. The van der Waals surface area contributed by atoms with E-state index < -0.39 is 12.0 Å². The van der Waals surface area contributed by atoms with Crippen molar-refractivity contribution in [1.82, 2.24) is 5.32 Å². The van der Waals surface area contributed by atoms with Crippen LogP contribution in [-0.4, -0.2) is 17.1 Å². The summed E-state index contributed by atoms with van der Waals surface area (Å²) >= 11 is 3.50. The van der Waals surface area contributed by atoms with E-state index in [-0.39, 0.29) is 0 Å². The standard InChI is InChI=1S/C14H20BrNO2/c1-3-4-5-13(14(17)18)16-9-11-7-6-10(2)8-12(11)15/h6-8,13,16H,3-5,9H2,1-2H3,(H,17,18)/t13-/m0/s1. The normalized spacial score (nSPS) is 12.4. The zero-order chi connectivity index (χ0) is 13.5. The molecule has 3 nitrogen and oxygen atoms in total. The number of benzene rings is 1. The van der Waals surface area contributed by atoms with Crippen molar-refractivity contribution in [3.05, 3.63) is 33.8 Å². The third-order valence-corrected chi connectivity index (χ3v) is 3.63. The number of carbonyl (C=O) groups is 1. The Labute approximate surface area is 117 Å². The van der Waals surface area contributed by atoms with Crippen molar-refractivity contribution >= 4 is 21.9 Å². The molecule has 0 radical (unpaired) electrons. The quantitative estimate of drug-likeness (QED) is 0.810. The van der Waals surface area contributed by atoms with E-state index in [1.54, 1.807) is 0 Å². The van der Waals surface area contributed by atoms with Crippen molar-refractivity contribution < 1.29 is 9.90 Å². The summed E-state index contributed by atoms with van der Waals surface area (Å²) in [6.07, 6.45) is 2.62. The fourth-order valence-corrected chi connectivity index (χ4v) is 2.38. The highest BCUT2D eigenvalue weighted by molar-refractivity contribution is 9.10. The van der Waals surface area contributed by atoms with Crippen LogP contribution in [0.15, 0.2) is 22.7 Å². The molecule has 1 aromatic carbocycles. The molecule has 0 aliphatic rings. The lowest BCUT2D eigenvalue weighted by atomic mass is 10.1. The number of aryl methyl sites for hydroxylation is 1. The Kier molecular flexibility index (Phi) is 6.36. The molecule has 0 fully saturated rings. The first-order valence-corrected chi connectivity index (χ1v) is 7.05. The largest absolute Gasteiger partial charge is 0.480 e. The van der Waals surface area contributed by atoms with Crippen LogP contribution in [0.2, 0.25) is 0 Å². The number of hydrogen-bond donors (Lipinski definition) is 2. The predicted octanol–water partition coefficient (Wildman–Crippen LogP) is 3.49. The molecular weight excluding hydrogens is 294 g/mol. The van der Waals surface area contributed by atoms with E-state index in [0.717, 1.165) is 22.9 Å². The third kappa shape index (κ3) is 4.78. The van der Waals surface area contributed by atoms with Gasteiger partial charge in [0.2, 0.25) is 0 Å². The maximum absolute atomic E-state index is 11.1. The van der Waals surface area contributed by atoms with Crippen LogP contribution < -0.4 is 5.32 Å². The number of carboxylic acids is 1. The summed E-state index contributed by atoms with van der Waals surface area (Å²) in [5, 5.41) is 12.2. The molecular formula is C14H20BrNO2. The van der Waals surface area contributed by atoms with Crippen LogP contribution in [0.5, 0.6) is 0 Å². The van der Waals surface area contributed by atoms with Crippen molar-refractivity contribution in [1.29, 1.82) is 0 Å². The van der Waals surface area contributed by atoms with E-state index >= 15 is 0 Å². The molecule has 0 aliphatic heterocycles. The molecule has 100 valence electrons. The van der Waals surface area contributed by atoms with Crippen LogP contribution in [0.25, 0.3) is 0 Å². The second kappa shape index (κ2) is 7.54. The van der Waals surface area contributed by atoms with E-state index in [9.17, 15) is 4.79 Å². The lowest BCUT2D eigenvalue weighted by Crippen LogP contribution is -2.36. The molecule has 1 rings (SSSR count). The van der Waals surface area contributed by atoms with Gasteiger partial charge in [-0.25, -0.2) is 0 Å². The van der Waals surface area contributed by atoms with Gasteiger partial charge in [0.15, 0.2) is 0 Å². The Balaban J connectivity index is 2.58. The van der Waals surface area contributed by atoms with Crippen LogP contribution in [-0.2, 0) is 11.3 Å². The lowest BCUT2D eigenvalue weighted by molar-refractivity contribution is -0.139. The number of nitrogens with one attached hydrogen (secondary N) is 1. The van der Waals surface area contributed by atoms with Gasteiger partial charge in [0.1, 0.15) is 6.04 Å². The van der Waals surface area contributed by atoms with Gasteiger partial charge in [-0.1, -0.05) is 47.8 Å². The topological polar surface area (TPSA) is 49.3 Å². The molecule has 0 unspecified atom stereocenters. The lowest BCUT2D eigenvalue weighted by Gasteiger charge is -2.15. The van der Waals surface area contributed by atoms with Gasteiger partial charge in [0.05, 0.1) is 0 Å². The zero-order valence-corrected chi connectivity index (χ0v) is 12.5. The van der Waals surface area contributed by atoms with Crippen LogP contribution in [0.4, 0.5) is 0 Å². The molecule has 0 amide bonds. The molecule has 0 bridgehead atoms. The second-order valence-electron chi connectivity index (χ2n) is 4.51. The van der Waals surface area contributed by atoms with Gasteiger partial charge in [-0.2, -0.15) is 0 Å². The molecule has 1 aromatic rings. The maximum Gasteiger partial charge on any atom is 0.320 e. The smallest absolute Gasteiger partial charge is 0.320 e. The molecule has 0 saturated carbocycles. The number of rotatable bonds is 7. The van der Waals surface area contributed by atoms with Crippen molar-refractivity contribution in [2.75, 3.05) is 0 Å². The monoisotopic (exact) mass is 313 g/mol. The SMILES string of the molecule is CCCC[C@H](NCc1ccc(C)cc1Br)C(=O)O. The van der Waals surface area contributed by atoms with Gasteiger partial charge in [0, 0.05) is 11.0 Å². The number of unbranched alkanes of at least 4 members (excludes halogenated alkanes) is 1. The van der Waals surface area contributed by atoms with Crippen LogP contribution in [0.3, 0.4) is 0 Å². The summed E-state index contributed by atoms with van der Waals surface area (Å²) in [6.45, 7) is 4.67. The zero-order valence-electron chi connectivity index (χ0n) is 10.9. The van der Waals surface area contributed by atoms with Gasteiger partial charge in [-0.3, -0.25) is 4.79 Å². The molecule has 4 heteroatoms. The van der Waals surface area contributed by atoms with E-state index in [0.29, 0.717) is 13.0 Å². The number of halogens is 1. The minimum absolute atomic E-state index is 0.460. The molecule has 1 atom stereocenters. The predicted molar refractivity (Wildman–Crippen MR) is 76.7 cm³/mol. The fraction of sp³-hybridized carbons (Fsp3) is 0.500. The Morgan fingerprint density at radius 1 is 1.50 bits per heavy atom. The van der Waals surface area contributed by atoms with Crippen LogP contribution in [0.1, 0.15) is 37.3 Å². The van der Waals surface area contributed by atoms with Crippen molar-refractivity contribution in [2.24, 2.45) is 0 Å². The first-order chi connectivity index (χ1) is 8.54. The molecule has 0 heterocycles. The fourth-order valence-electron chi connectivity index (χ4n) is 1.75. The highest BCUT2D eigenvalue weighted by Gasteiger charge is 2.16. The summed E-state index contributed by atoms with van der Waals surface area (Å²) in [6, 6.07) is 5.63. The summed E-state index contributed by atoms with van der Waals surface area (Å²) < 4.78 is 1.02. The van der Waals surface area contributed by atoms with Crippen molar-refractivity contribution in [3.8, 4) is 0 Å². The summed E-state index contributed by atoms with van der Waals surface area (Å²) in [7, 11) is 0. The van der Waals surface area contributed by atoms with Gasteiger partial charge < -0.3 is 10.4 Å². The van der Waals surface area contributed by atoms with Gasteiger partial charge in [-0.05, 0) is 30.5 Å². The molecule has 0 aliphatic carbocycles. The van der Waals surface area contributed by atoms with Crippen LogP contribution in [0, 0.1) is 6.92 Å². The Morgan fingerprint density at radius 3 is 2.78 bits per heavy atom. The van der Waals surface area contributed by atoms with E-state index in [4.69, 9.17) is 5.11 Å². The molecule has 2 N–H and O–H groups in total. The van der Waals surface area contributed by atoms with Crippen molar-refractivity contribution in [2.45, 2.75) is 45.7 Å². The average molecular weight is 314 g/mol. The Morgan fingerprint density at radius 2 is 2.22 bits per heavy atom. The first-order valence-electron chi connectivity index (χ1n) is 6.25. The molecule has 18 heavy (non-hydrogen) atoms. The summed E-state index contributed by atoms with van der Waals surface area (Å²) in [5.74, 6) is -0.772. The highest BCUT2D eigenvalue weighted by Crippen LogP contribution is 2.18. The van der Waals surface area contributed by atoms with E-state index in [2.05, 4.69) is 28.2 Å². The van der Waals surface area contributed by atoms with E-state index in [1.165, 1.54) is 5.56 Å². The number of carboxylic acid groups (broad SMARTS) is 1. The second-order valence-corrected chi connectivity index (χ2v) is 5.36. The maximum atomic E-state index is 11.1. The van der Waals surface area contributed by atoms with Gasteiger partial charge >= 0.3 is 5.97 Å². The van der Waals surface area contributed by atoms with Gasteiger partial charge in [0.25, 0.3) is 0 Å². The minimum Gasteiger partial charge on any atom is -0.480 e. The minimum atomic E-state index is -0.772. The molecule has 0 spiro atoms. The van der Waals surface area contributed by atoms with Crippen LogP contribution >= 0.6 is 15.9 Å². The number of hydrogen-bond acceptors (Lipinski definition) is 2. The summed E-state index contributed by atoms with van der Waals surface area (Å²) in [4.78, 5) is 11.1. The Hall–Kier alpha value is -0.870.